The van der Waals surface area contributed by atoms with Gasteiger partial charge in [-0.25, -0.2) is 13.1 Å². The number of carbonyl (C=O) groups excluding carboxylic acids is 1. The molecule has 0 aliphatic carbocycles. The Hall–Kier alpha value is -3.00. The lowest BCUT2D eigenvalue weighted by Crippen LogP contribution is -2.52. The van der Waals surface area contributed by atoms with Crippen LogP contribution in [0.2, 0.25) is 0 Å². The molecule has 33 heavy (non-hydrogen) atoms. The van der Waals surface area contributed by atoms with E-state index in [0.29, 0.717) is 26.1 Å². The molecule has 0 saturated carbocycles. The highest BCUT2D eigenvalue weighted by atomic mass is 32.2. The first-order valence-electron chi connectivity index (χ1n) is 11.1. The van der Waals surface area contributed by atoms with E-state index in [4.69, 9.17) is 0 Å². The Balaban J connectivity index is 1.37. The summed E-state index contributed by atoms with van der Waals surface area (Å²) in [5.74, 6) is -0.391. The molecule has 172 valence electrons. The second-order valence-electron chi connectivity index (χ2n) is 8.46. The summed E-state index contributed by atoms with van der Waals surface area (Å²) in [5.41, 5.74) is 4.23. The molecule has 2 atom stereocenters. The van der Waals surface area contributed by atoms with Crippen molar-refractivity contribution in [1.29, 1.82) is 0 Å². The number of aryl methyl sites for hydroxylation is 1. The third kappa shape index (κ3) is 5.87. The number of rotatable bonds is 7. The Bertz CT molecular complexity index is 1190. The predicted octanol–water partition coefficient (Wildman–Crippen LogP) is 3.23. The normalized spacial score (nSPS) is 18.6. The Morgan fingerprint density at radius 2 is 1.64 bits per heavy atom. The molecule has 1 saturated heterocycles. The first kappa shape index (κ1) is 23.2. The monoisotopic (exact) mass is 463 g/mol. The molecule has 3 aromatic carbocycles. The van der Waals surface area contributed by atoms with E-state index in [1.54, 1.807) is 24.3 Å². The summed E-state index contributed by atoms with van der Waals surface area (Å²) in [6.07, 6.45) is 0.449. The lowest BCUT2D eigenvalue weighted by atomic mass is 9.95. The smallest absolute Gasteiger partial charge is 0.240 e. The van der Waals surface area contributed by atoms with E-state index in [9.17, 15) is 13.2 Å². The molecule has 1 heterocycles. The van der Waals surface area contributed by atoms with Crippen LogP contribution in [0.5, 0.6) is 0 Å². The van der Waals surface area contributed by atoms with Crippen molar-refractivity contribution < 1.29 is 13.2 Å². The fourth-order valence-corrected chi connectivity index (χ4v) is 5.39. The number of nitrogens with one attached hydrogen (secondary N) is 3. The van der Waals surface area contributed by atoms with Crippen LogP contribution in [0.25, 0.3) is 11.1 Å². The third-order valence-corrected chi connectivity index (χ3v) is 7.47. The second kappa shape index (κ2) is 10.3. The number of benzene rings is 3. The van der Waals surface area contributed by atoms with Crippen molar-refractivity contribution in [2.75, 3.05) is 13.1 Å². The highest BCUT2D eigenvalue weighted by Crippen LogP contribution is 2.23. The summed E-state index contributed by atoms with van der Waals surface area (Å²) in [7, 11) is -3.64. The average Bonchev–Trinajstić information content (AvgIpc) is 2.83. The molecule has 0 radical (unpaired) electrons. The molecule has 2 unspecified atom stereocenters. The fraction of sp³-hybridized carbons (Fsp3) is 0.269. The van der Waals surface area contributed by atoms with Gasteiger partial charge in [0.25, 0.3) is 0 Å². The Morgan fingerprint density at radius 3 is 2.39 bits per heavy atom. The fourth-order valence-electron chi connectivity index (χ4n) is 4.14. The van der Waals surface area contributed by atoms with Crippen molar-refractivity contribution in [3.05, 3.63) is 90.0 Å². The van der Waals surface area contributed by atoms with Crippen molar-refractivity contribution in [2.24, 2.45) is 5.92 Å². The molecule has 4 rings (SSSR count). The topological polar surface area (TPSA) is 87.3 Å². The maximum absolute atomic E-state index is 12.9. The summed E-state index contributed by atoms with van der Waals surface area (Å²) in [5, 5.41) is 6.24. The molecule has 0 bridgehead atoms. The summed E-state index contributed by atoms with van der Waals surface area (Å²) >= 11 is 0. The number of piperidine rings is 1. The van der Waals surface area contributed by atoms with E-state index >= 15 is 0 Å². The number of sulfonamides is 1. The van der Waals surface area contributed by atoms with E-state index in [2.05, 4.69) is 33.6 Å². The second-order valence-corrected chi connectivity index (χ2v) is 10.2. The van der Waals surface area contributed by atoms with Gasteiger partial charge in [-0.1, -0.05) is 72.3 Å². The van der Waals surface area contributed by atoms with Gasteiger partial charge < -0.3 is 10.6 Å². The van der Waals surface area contributed by atoms with Crippen molar-refractivity contribution in [3.8, 4) is 11.1 Å². The lowest BCUT2D eigenvalue weighted by molar-refractivity contribution is -0.125. The molecule has 1 fully saturated rings. The van der Waals surface area contributed by atoms with E-state index in [0.717, 1.165) is 22.3 Å². The standard InChI is InChI=1S/C26H29N3O3S/c1-19-11-13-24(14-12-19)33(31,32)29-23-15-22(16-27-18-23)26(30)28-17-21-9-5-6-10-25(21)20-7-3-2-4-8-20/h2-14,22-23,27,29H,15-18H2,1H3,(H,28,30). The minimum Gasteiger partial charge on any atom is -0.352 e. The van der Waals surface area contributed by atoms with Crippen LogP contribution >= 0.6 is 0 Å². The van der Waals surface area contributed by atoms with Crippen LogP contribution in [-0.4, -0.2) is 33.5 Å². The Morgan fingerprint density at radius 1 is 0.939 bits per heavy atom. The number of hydrogen-bond acceptors (Lipinski definition) is 4. The van der Waals surface area contributed by atoms with Gasteiger partial charge in [0, 0.05) is 25.7 Å². The molecule has 0 spiro atoms. The van der Waals surface area contributed by atoms with Crippen LogP contribution in [0.1, 0.15) is 17.5 Å². The van der Waals surface area contributed by atoms with Gasteiger partial charge in [-0.2, -0.15) is 0 Å². The van der Waals surface area contributed by atoms with E-state index < -0.39 is 10.0 Å². The first-order valence-corrected chi connectivity index (χ1v) is 12.6. The van der Waals surface area contributed by atoms with Crippen LogP contribution < -0.4 is 15.4 Å². The van der Waals surface area contributed by atoms with E-state index in [-0.39, 0.29) is 22.8 Å². The molecule has 3 aromatic rings. The zero-order valence-electron chi connectivity index (χ0n) is 18.6. The van der Waals surface area contributed by atoms with Gasteiger partial charge in [-0.3, -0.25) is 4.79 Å². The summed E-state index contributed by atoms with van der Waals surface area (Å²) in [4.78, 5) is 13.1. The van der Waals surface area contributed by atoms with Gasteiger partial charge >= 0.3 is 0 Å². The van der Waals surface area contributed by atoms with Crippen molar-refractivity contribution in [3.63, 3.8) is 0 Å². The van der Waals surface area contributed by atoms with E-state index in [1.807, 2.05) is 43.3 Å². The highest BCUT2D eigenvalue weighted by molar-refractivity contribution is 7.89. The molecule has 1 aliphatic rings. The van der Waals surface area contributed by atoms with Gasteiger partial charge in [-0.05, 0) is 42.2 Å². The van der Waals surface area contributed by atoms with Gasteiger partial charge in [0.2, 0.25) is 15.9 Å². The van der Waals surface area contributed by atoms with Crippen LogP contribution in [0.15, 0.2) is 83.8 Å². The van der Waals surface area contributed by atoms with Crippen LogP contribution in [0, 0.1) is 12.8 Å². The van der Waals surface area contributed by atoms with Gasteiger partial charge in [-0.15, -0.1) is 0 Å². The highest BCUT2D eigenvalue weighted by Gasteiger charge is 2.30. The molecule has 3 N–H and O–H groups in total. The molecule has 6 nitrogen and oxygen atoms in total. The quantitative estimate of drug-likeness (QED) is 0.502. The maximum Gasteiger partial charge on any atom is 0.240 e. The van der Waals surface area contributed by atoms with Gasteiger partial charge in [0.15, 0.2) is 0 Å². The van der Waals surface area contributed by atoms with Gasteiger partial charge in [0.1, 0.15) is 0 Å². The largest absolute Gasteiger partial charge is 0.352 e. The summed E-state index contributed by atoms with van der Waals surface area (Å²) in [6, 6.07) is 24.5. The number of hydrogen-bond donors (Lipinski definition) is 3. The van der Waals surface area contributed by atoms with Crippen LogP contribution in [0.3, 0.4) is 0 Å². The Labute approximate surface area is 195 Å². The molecule has 1 amide bonds. The lowest BCUT2D eigenvalue weighted by Gasteiger charge is -2.29. The summed E-state index contributed by atoms with van der Waals surface area (Å²) in [6.45, 7) is 3.34. The predicted molar refractivity (Wildman–Crippen MR) is 130 cm³/mol. The molecular formula is C26H29N3O3S. The summed E-state index contributed by atoms with van der Waals surface area (Å²) < 4.78 is 28.2. The third-order valence-electron chi connectivity index (χ3n) is 5.93. The van der Waals surface area contributed by atoms with Crippen LogP contribution in [-0.2, 0) is 21.4 Å². The van der Waals surface area contributed by atoms with E-state index in [1.165, 1.54) is 0 Å². The molecule has 0 aromatic heterocycles. The first-order chi connectivity index (χ1) is 15.9. The molecular weight excluding hydrogens is 434 g/mol. The van der Waals surface area contributed by atoms with Crippen molar-refractivity contribution in [2.45, 2.75) is 30.8 Å². The zero-order valence-corrected chi connectivity index (χ0v) is 19.4. The average molecular weight is 464 g/mol. The van der Waals surface area contributed by atoms with Crippen LogP contribution in [0.4, 0.5) is 0 Å². The minimum atomic E-state index is -3.64. The van der Waals surface area contributed by atoms with Gasteiger partial charge in [0.05, 0.1) is 10.8 Å². The maximum atomic E-state index is 12.9. The minimum absolute atomic E-state index is 0.0791. The number of amides is 1. The molecule has 7 heteroatoms. The van der Waals surface area contributed by atoms with Crippen molar-refractivity contribution >= 4 is 15.9 Å². The molecule has 1 aliphatic heterocycles. The SMILES string of the molecule is Cc1ccc(S(=O)(=O)NC2CNCC(C(=O)NCc3ccccc3-c3ccccc3)C2)cc1. The Kier molecular flexibility index (Phi) is 7.23. The number of carbonyl (C=O) groups is 1. The van der Waals surface area contributed by atoms with Crippen molar-refractivity contribution in [1.82, 2.24) is 15.4 Å². The zero-order chi connectivity index (χ0) is 23.3.